The molecule has 2 unspecified atom stereocenters. The van der Waals surface area contributed by atoms with Crippen LogP contribution < -0.4 is 5.73 Å². The van der Waals surface area contributed by atoms with Crippen molar-refractivity contribution in [3.63, 3.8) is 0 Å². The smallest absolute Gasteiger partial charge is 0.157 e. The standard InChI is InChI=1S/C14H29NO3S/c1-12-6-5-7-14(10-12,11-15)18-8-9-19(16,17)13(2,3)4/h12H,5-11,15H2,1-4H3. The molecule has 1 saturated carbocycles. The maximum atomic E-state index is 12.0. The van der Waals surface area contributed by atoms with E-state index in [9.17, 15) is 8.42 Å². The highest BCUT2D eigenvalue weighted by atomic mass is 32.2. The highest BCUT2D eigenvalue weighted by molar-refractivity contribution is 7.92. The lowest BCUT2D eigenvalue weighted by atomic mass is 9.79. The van der Waals surface area contributed by atoms with Gasteiger partial charge in [0.25, 0.3) is 0 Å². The second kappa shape index (κ2) is 6.10. The summed E-state index contributed by atoms with van der Waals surface area (Å²) < 4.78 is 29.3. The summed E-state index contributed by atoms with van der Waals surface area (Å²) >= 11 is 0. The minimum atomic E-state index is -3.11. The van der Waals surface area contributed by atoms with E-state index in [0.717, 1.165) is 19.3 Å². The maximum absolute atomic E-state index is 12.0. The summed E-state index contributed by atoms with van der Waals surface area (Å²) in [5.41, 5.74) is 5.56. The molecule has 0 heterocycles. The molecule has 0 saturated heterocycles. The number of hydrogen-bond acceptors (Lipinski definition) is 4. The van der Waals surface area contributed by atoms with E-state index in [2.05, 4.69) is 6.92 Å². The monoisotopic (exact) mass is 291 g/mol. The number of rotatable bonds is 5. The number of sulfone groups is 1. The summed E-state index contributed by atoms with van der Waals surface area (Å²) in [5, 5.41) is 0. The van der Waals surface area contributed by atoms with Gasteiger partial charge in [0, 0.05) is 6.54 Å². The Kier molecular flexibility index (Phi) is 5.43. The van der Waals surface area contributed by atoms with Crippen LogP contribution in [0.2, 0.25) is 0 Å². The van der Waals surface area contributed by atoms with E-state index < -0.39 is 14.6 Å². The summed E-state index contributed by atoms with van der Waals surface area (Å²) in [6.07, 6.45) is 4.22. The average molecular weight is 291 g/mol. The van der Waals surface area contributed by atoms with Gasteiger partial charge in [0.2, 0.25) is 0 Å². The lowest BCUT2D eigenvalue weighted by Gasteiger charge is -2.39. The van der Waals surface area contributed by atoms with E-state index in [1.165, 1.54) is 6.42 Å². The molecule has 19 heavy (non-hydrogen) atoms. The molecule has 1 aliphatic rings. The molecule has 4 nitrogen and oxygen atoms in total. The third-order valence-electron chi connectivity index (χ3n) is 4.12. The zero-order valence-electron chi connectivity index (χ0n) is 12.7. The fourth-order valence-electron chi connectivity index (χ4n) is 2.66. The van der Waals surface area contributed by atoms with Crippen LogP contribution in [0.3, 0.4) is 0 Å². The van der Waals surface area contributed by atoms with Gasteiger partial charge in [-0.1, -0.05) is 19.8 Å². The highest BCUT2D eigenvalue weighted by Gasteiger charge is 2.36. The first-order valence-electron chi connectivity index (χ1n) is 7.18. The first-order chi connectivity index (χ1) is 8.62. The molecule has 2 N–H and O–H groups in total. The summed E-state index contributed by atoms with van der Waals surface area (Å²) in [4.78, 5) is 0. The van der Waals surface area contributed by atoms with Crippen molar-refractivity contribution in [1.82, 2.24) is 0 Å². The van der Waals surface area contributed by atoms with Crippen molar-refractivity contribution in [3.05, 3.63) is 0 Å². The Hall–Kier alpha value is -0.130. The summed E-state index contributed by atoms with van der Waals surface area (Å²) in [7, 11) is -3.11. The van der Waals surface area contributed by atoms with Gasteiger partial charge in [-0.2, -0.15) is 0 Å². The lowest BCUT2D eigenvalue weighted by molar-refractivity contribution is -0.0680. The quantitative estimate of drug-likeness (QED) is 0.842. The van der Waals surface area contributed by atoms with E-state index in [4.69, 9.17) is 10.5 Å². The Bertz CT molecular complexity index is 386. The zero-order valence-corrected chi connectivity index (χ0v) is 13.6. The van der Waals surface area contributed by atoms with E-state index in [1.807, 2.05) is 0 Å². The van der Waals surface area contributed by atoms with Crippen LogP contribution in [-0.2, 0) is 14.6 Å². The SMILES string of the molecule is CC1CCCC(CN)(OCCS(=O)(=O)C(C)(C)C)C1. The van der Waals surface area contributed by atoms with Crippen molar-refractivity contribution in [3.8, 4) is 0 Å². The highest BCUT2D eigenvalue weighted by Crippen LogP contribution is 2.34. The van der Waals surface area contributed by atoms with Gasteiger partial charge < -0.3 is 10.5 Å². The van der Waals surface area contributed by atoms with Gasteiger partial charge in [0.15, 0.2) is 9.84 Å². The molecular weight excluding hydrogens is 262 g/mol. The fourth-order valence-corrected chi connectivity index (χ4v) is 3.58. The zero-order chi connectivity index (χ0) is 14.7. The average Bonchev–Trinajstić information content (AvgIpc) is 2.27. The van der Waals surface area contributed by atoms with Crippen LogP contribution in [-0.4, -0.2) is 37.7 Å². The third-order valence-corrected chi connectivity index (χ3v) is 6.69. The molecule has 2 atom stereocenters. The van der Waals surface area contributed by atoms with Gasteiger partial charge in [-0.05, 0) is 39.5 Å². The van der Waals surface area contributed by atoms with Gasteiger partial charge in [-0.3, -0.25) is 0 Å². The van der Waals surface area contributed by atoms with Gasteiger partial charge in [0.1, 0.15) is 0 Å². The van der Waals surface area contributed by atoms with Crippen LogP contribution in [0, 0.1) is 5.92 Å². The predicted molar refractivity (Wildman–Crippen MR) is 78.9 cm³/mol. The molecule has 0 amide bonds. The van der Waals surface area contributed by atoms with Crippen molar-refractivity contribution in [2.75, 3.05) is 18.9 Å². The predicted octanol–water partition coefficient (Wildman–Crippen LogP) is 2.12. The van der Waals surface area contributed by atoms with Crippen molar-refractivity contribution >= 4 is 9.84 Å². The molecule has 114 valence electrons. The first kappa shape index (κ1) is 16.9. The summed E-state index contributed by atoms with van der Waals surface area (Å²) in [5.74, 6) is 0.684. The minimum Gasteiger partial charge on any atom is -0.373 e. The Balaban J connectivity index is 2.56. The molecule has 0 bridgehead atoms. The van der Waals surface area contributed by atoms with Crippen molar-refractivity contribution < 1.29 is 13.2 Å². The topological polar surface area (TPSA) is 69.4 Å². The molecule has 0 spiro atoms. The van der Waals surface area contributed by atoms with Gasteiger partial charge >= 0.3 is 0 Å². The number of hydrogen-bond donors (Lipinski definition) is 1. The Morgan fingerprint density at radius 2 is 2.00 bits per heavy atom. The lowest BCUT2D eigenvalue weighted by Crippen LogP contribution is -2.45. The van der Waals surface area contributed by atoms with Gasteiger partial charge in [-0.15, -0.1) is 0 Å². The van der Waals surface area contributed by atoms with E-state index >= 15 is 0 Å². The molecule has 0 aromatic rings. The van der Waals surface area contributed by atoms with E-state index in [0.29, 0.717) is 12.5 Å². The normalized spacial score (nSPS) is 29.4. The first-order valence-corrected chi connectivity index (χ1v) is 8.83. The van der Waals surface area contributed by atoms with Crippen molar-refractivity contribution in [2.45, 2.75) is 63.7 Å². The maximum Gasteiger partial charge on any atom is 0.157 e. The largest absolute Gasteiger partial charge is 0.373 e. The van der Waals surface area contributed by atoms with Crippen molar-refractivity contribution in [2.24, 2.45) is 11.7 Å². The molecule has 0 aromatic carbocycles. The summed E-state index contributed by atoms with van der Waals surface area (Å²) in [6.45, 7) is 8.12. The second-order valence-electron chi connectivity index (χ2n) is 6.87. The van der Waals surface area contributed by atoms with Crippen LogP contribution >= 0.6 is 0 Å². The summed E-state index contributed by atoms with van der Waals surface area (Å²) in [6, 6.07) is 0. The van der Waals surface area contributed by atoms with Crippen LogP contribution in [0.15, 0.2) is 0 Å². The third kappa shape index (κ3) is 4.43. The van der Waals surface area contributed by atoms with Crippen LogP contribution in [0.25, 0.3) is 0 Å². The molecule has 0 aromatic heterocycles. The molecule has 1 aliphatic carbocycles. The number of ether oxygens (including phenoxy) is 1. The second-order valence-corrected chi connectivity index (χ2v) is 9.73. The molecule has 5 heteroatoms. The molecule has 1 rings (SSSR count). The van der Waals surface area contributed by atoms with Crippen LogP contribution in [0.1, 0.15) is 53.4 Å². The van der Waals surface area contributed by atoms with E-state index in [1.54, 1.807) is 20.8 Å². The van der Waals surface area contributed by atoms with Crippen LogP contribution in [0.4, 0.5) is 0 Å². The van der Waals surface area contributed by atoms with Gasteiger partial charge in [0.05, 0.1) is 22.7 Å². The van der Waals surface area contributed by atoms with Crippen molar-refractivity contribution in [1.29, 1.82) is 0 Å². The minimum absolute atomic E-state index is 0.0760. The number of nitrogens with two attached hydrogens (primary N) is 1. The Labute approximate surface area is 118 Å². The van der Waals surface area contributed by atoms with E-state index in [-0.39, 0.29) is 18.0 Å². The molecular formula is C14H29NO3S. The Morgan fingerprint density at radius 1 is 1.37 bits per heavy atom. The molecule has 0 aliphatic heterocycles. The Morgan fingerprint density at radius 3 is 2.47 bits per heavy atom. The van der Waals surface area contributed by atoms with Crippen LogP contribution in [0.5, 0.6) is 0 Å². The van der Waals surface area contributed by atoms with Gasteiger partial charge in [-0.25, -0.2) is 8.42 Å². The fraction of sp³-hybridized carbons (Fsp3) is 1.00. The molecule has 0 radical (unpaired) electrons. The molecule has 1 fully saturated rings.